The quantitative estimate of drug-likeness (QED) is 0.819. The molecule has 1 aromatic carbocycles. The van der Waals surface area contributed by atoms with Crippen molar-refractivity contribution in [1.29, 1.82) is 5.26 Å². The van der Waals surface area contributed by atoms with Gasteiger partial charge in [-0.15, -0.1) is 0 Å². The van der Waals surface area contributed by atoms with E-state index in [4.69, 9.17) is 5.26 Å². The first-order chi connectivity index (χ1) is 8.00. The Hall–Kier alpha value is -1.54. The van der Waals surface area contributed by atoms with E-state index in [-0.39, 0.29) is 11.6 Å². The number of nitrogens with one attached hydrogen (secondary N) is 1. The van der Waals surface area contributed by atoms with Crippen LogP contribution in [0.15, 0.2) is 18.2 Å². The van der Waals surface area contributed by atoms with Gasteiger partial charge in [-0.2, -0.15) is 18.4 Å². The van der Waals surface area contributed by atoms with Crippen molar-refractivity contribution < 1.29 is 13.2 Å². The Morgan fingerprint density at radius 1 is 1.29 bits per heavy atom. The van der Waals surface area contributed by atoms with Crippen molar-refractivity contribution in [3.05, 3.63) is 34.9 Å². The van der Waals surface area contributed by atoms with E-state index < -0.39 is 11.7 Å². The average Bonchev–Trinajstić information content (AvgIpc) is 2.80. The molecule has 1 atom stereocenters. The molecule has 0 aromatic heterocycles. The summed E-state index contributed by atoms with van der Waals surface area (Å²) in [6.45, 7) is 0.808. The van der Waals surface area contributed by atoms with E-state index in [1.54, 1.807) is 6.07 Å². The maximum Gasteiger partial charge on any atom is 0.416 e. The first kappa shape index (κ1) is 11.9. The van der Waals surface area contributed by atoms with Gasteiger partial charge in [0.2, 0.25) is 0 Å². The Balaban J connectivity index is 2.42. The molecule has 2 rings (SSSR count). The van der Waals surface area contributed by atoms with Gasteiger partial charge in [0, 0.05) is 6.04 Å². The summed E-state index contributed by atoms with van der Waals surface area (Å²) in [5.41, 5.74) is -0.141. The lowest BCUT2D eigenvalue weighted by Crippen LogP contribution is -2.14. The molecule has 0 amide bonds. The number of hydrogen-bond donors (Lipinski definition) is 1. The van der Waals surface area contributed by atoms with Crippen LogP contribution in [0.1, 0.15) is 35.6 Å². The van der Waals surface area contributed by atoms with E-state index >= 15 is 0 Å². The van der Waals surface area contributed by atoms with Crippen molar-refractivity contribution in [2.24, 2.45) is 0 Å². The fraction of sp³-hybridized carbons (Fsp3) is 0.417. The van der Waals surface area contributed by atoms with E-state index in [0.717, 1.165) is 31.5 Å². The van der Waals surface area contributed by atoms with Gasteiger partial charge in [0.05, 0.1) is 17.2 Å². The zero-order valence-electron chi connectivity index (χ0n) is 9.01. The second kappa shape index (κ2) is 4.38. The second-order valence-electron chi connectivity index (χ2n) is 4.10. The minimum atomic E-state index is -4.40. The van der Waals surface area contributed by atoms with Crippen molar-refractivity contribution in [3.63, 3.8) is 0 Å². The van der Waals surface area contributed by atoms with E-state index in [0.29, 0.717) is 5.56 Å². The van der Waals surface area contributed by atoms with Crippen LogP contribution in [-0.2, 0) is 6.18 Å². The van der Waals surface area contributed by atoms with E-state index in [9.17, 15) is 13.2 Å². The van der Waals surface area contributed by atoms with Crippen LogP contribution >= 0.6 is 0 Å². The molecule has 90 valence electrons. The second-order valence-corrected chi connectivity index (χ2v) is 4.10. The third-order valence-electron chi connectivity index (χ3n) is 2.87. The standard InChI is InChI=1S/C12H11F3N2/c13-12(14,15)10-5-8(7-16)4-9(6-10)11-2-1-3-17-11/h4-6,11,17H,1-3H2/t11-/m0/s1. The van der Waals surface area contributed by atoms with Gasteiger partial charge in [-0.1, -0.05) is 0 Å². The molecular formula is C12H11F3N2. The van der Waals surface area contributed by atoms with Crippen LogP contribution < -0.4 is 5.32 Å². The molecule has 2 nitrogen and oxygen atoms in total. The van der Waals surface area contributed by atoms with E-state index in [2.05, 4.69) is 5.32 Å². The molecule has 1 fully saturated rings. The van der Waals surface area contributed by atoms with Crippen LogP contribution in [0.4, 0.5) is 13.2 Å². The summed E-state index contributed by atoms with van der Waals surface area (Å²) in [6.07, 6.45) is -2.64. The molecule has 0 unspecified atom stereocenters. The summed E-state index contributed by atoms with van der Waals surface area (Å²) in [6, 6.07) is 5.25. The van der Waals surface area contributed by atoms with Crippen molar-refractivity contribution in [3.8, 4) is 6.07 Å². The lowest BCUT2D eigenvalue weighted by molar-refractivity contribution is -0.137. The molecule has 0 spiro atoms. The van der Waals surface area contributed by atoms with Gasteiger partial charge < -0.3 is 5.32 Å². The fourth-order valence-corrected chi connectivity index (χ4v) is 2.05. The molecule has 1 heterocycles. The predicted octanol–water partition coefficient (Wildman–Crippen LogP) is 3.00. The number of nitriles is 1. The van der Waals surface area contributed by atoms with Gasteiger partial charge in [0.1, 0.15) is 0 Å². The average molecular weight is 240 g/mol. The number of nitrogens with zero attached hydrogens (tertiary/aromatic N) is 1. The van der Waals surface area contributed by atoms with Gasteiger partial charge in [0.25, 0.3) is 0 Å². The maximum absolute atomic E-state index is 12.6. The Labute approximate surface area is 97.1 Å². The van der Waals surface area contributed by atoms with Crippen molar-refractivity contribution >= 4 is 0 Å². The van der Waals surface area contributed by atoms with Gasteiger partial charge in [0.15, 0.2) is 0 Å². The van der Waals surface area contributed by atoms with E-state index in [1.807, 2.05) is 0 Å². The zero-order valence-corrected chi connectivity index (χ0v) is 9.01. The van der Waals surface area contributed by atoms with Crippen LogP contribution in [-0.4, -0.2) is 6.54 Å². The highest BCUT2D eigenvalue weighted by Gasteiger charge is 2.32. The third kappa shape index (κ3) is 2.59. The smallest absolute Gasteiger partial charge is 0.310 e. The first-order valence-corrected chi connectivity index (χ1v) is 5.36. The number of halogens is 3. The van der Waals surface area contributed by atoms with Crippen LogP contribution in [0.2, 0.25) is 0 Å². The highest BCUT2D eigenvalue weighted by Crippen LogP contribution is 2.33. The molecule has 1 aromatic rings. The Kier molecular flexibility index (Phi) is 3.07. The molecular weight excluding hydrogens is 229 g/mol. The Morgan fingerprint density at radius 3 is 2.59 bits per heavy atom. The highest BCUT2D eigenvalue weighted by atomic mass is 19.4. The van der Waals surface area contributed by atoms with Gasteiger partial charge in [-0.25, -0.2) is 0 Å². The summed E-state index contributed by atoms with van der Waals surface area (Å²) in [4.78, 5) is 0. The molecule has 0 radical (unpaired) electrons. The minimum Gasteiger partial charge on any atom is -0.310 e. The number of benzene rings is 1. The molecule has 0 bridgehead atoms. The molecule has 1 aliphatic heterocycles. The van der Waals surface area contributed by atoms with Crippen LogP contribution in [0.25, 0.3) is 0 Å². The summed E-state index contributed by atoms with van der Waals surface area (Å²) >= 11 is 0. The fourth-order valence-electron chi connectivity index (χ4n) is 2.05. The largest absolute Gasteiger partial charge is 0.416 e. The molecule has 17 heavy (non-hydrogen) atoms. The third-order valence-corrected chi connectivity index (χ3v) is 2.87. The maximum atomic E-state index is 12.6. The van der Waals surface area contributed by atoms with Crippen LogP contribution in [0, 0.1) is 11.3 Å². The van der Waals surface area contributed by atoms with Gasteiger partial charge in [-0.05, 0) is 43.1 Å². The lowest BCUT2D eigenvalue weighted by atomic mass is 9.99. The SMILES string of the molecule is N#Cc1cc([C@@H]2CCCN2)cc(C(F)(F)F)c1. The van der Waals surface area contributed by atoms with Crippen molar-refractivity contribution in [1.82, 2.24) is 5.32 Å². The number of hydrogen-bond acceptors (Lipinski definition) is 2. The Morgan fingerprint density at radius 2 is 2.06 bits per heavy atom. The van der Waals surface area contributed by atoms with E-state index in [1.165, 1.54) is 6.07 Å². The lowest BCUT2D eigenvalue weighted by Gasteiger charge is -2.14. The molecule has 1 aliphatic rings. The topological polar surface area (TPSA) is 35.8 Å². The summed E-state index contributed by atoms with van der Waals surface area (Å²) in [5, 5.41) is 11.9. The monoisotopic (exact) mass is 240 g/mol. The number of rotatable bonds is 1. The molecule has 5 heteroatoms. The van der Waals surface area contributed by atoms with Gasteiger partial charge >= 0.3 is 6.18 Å². The normalized spacial score (nSPS) is 20.2. The Bertz CT molecular complexity index is 454. The zero-order chi connectivity index (χ0) is 12.5. The molecule has 0 aliphatic carbocycles. The summed E-state index contributed by atoms with van der Waals surface area (Å²) in [5.74, 6) is 0. The van der Waals surface area contributed by atoms with Crippen molar-refractivity contribution in [2.45, 2.75) is 25.1 Å². The molecule has 0 saturated carbocycles. The van der Waals surface area contributed by atoms with Crippen molar-refractivity contribution in [2.75, 3.05) is 6.54 Å². The predicted molar refractivity (Wildman–Crippen MR) is 56.1 cm³/mol. The van der Waals surface area contributed by atoms with Gasteiger partial charge in [-0.3, -0.25) is 0 Å². The highest BCUT2D eigenvalue weighted by molar-refractivity contribution is 5.40. The van der Waals surface area contributed by atoms with Crippen LogP contribution in [0.3, 0.4) is 0 Å². The van der Waals surface area contributed by atoms with Crippen LogP contribution in [0.5, 0.6) is 0 Å². The first-order valence-electron chi connectivity index (χ1n) is 5.36. The number of alkyl halides is 3. The molecule has 1 N–H and O–H groups in total. The summed E-state index contributed by atoms with van der Waals surface area (Å²) in [7, 11) is 0. The minimum absolute atomic E-state index is 0.0588. The molecule has 1 saturated heterocycles. The summed E-state index contributed by atoms with van der Waals surface area (Å²) < 4.78 is 37.9.